The van der Waals surface area contributed by atoms with E-state index in [9.17, 15) is 17.6 Å². The molecule has 2 rings (SSSR count). The molecule has 1 aromatic heterocycles. The Balaban J connectivity index is 2.85. The van der Waals surface area contributed by atoms with Gasteiger partial charge in [-0.15, -0.1) is 0 Å². The lowest BCUT2D eigenvalue weighted by Crippen LogP contribution is -2.12. The molecule has 0 spiro atoms. The van der Waals surface area contributed by atoms with Gasteiger partial charge in [0.15, 0.2) is 0 Å². The Morgan fingerprint density at radius 1 is 1.24 bits per heavy atom. The molecule has 1 aromatic carbocycles. The van der Waals surface area contributed by atoms with E-state index in [4.69, 9.17) is 5.73 Å². The minimum absolute atomic E-state index is 0.0256. The fourth-order valence-corrected chi connectivity index (χ4v) is 1.63. The molecule has 6 heteroatoms. The quantitative estimate of drug-likeness (QED) is 0.722. The summed E-state index contributed by atoms with van der Waals surface area (Å²) < 4.78 is 50.9. The van der Waals surface area contributed by atoms with Crippen molar-refractivity contribution >= 4 is 16.6 Å². The number of nitrogens with zero attached hydrogens (tertiary/aromatic N) is 1. The van der Waals surface area contributed by atoms with E-state index in [1.807, 2.05) is 0 Å². The number of halogens is 4. The van der Waals surface area contributed by atoms with Crippen molar-refractivity contribution in [1.82, 2.24) is 4.98 Å². The lowest BCUT2D eigenvalue weighted by molar-refractivity contribution is -0.141. The number of alkyl halides is 3. The normalized spacial score (nSPS) is 12.1. The molecule has 2 aromatic rings. The molecule has 1 heterocycles. The molecule has 0 aliphatic carbocycles. The van der Waals surface area contributed by atoms with Crippen LogP contribution < -0.4 is 5.73 Å². The topological polar surface area (TPSA) is 38.9 Å². The summed E-state index contributed by atoms with van der Waals surface area (Å²) in [5.41, 5.74) is 4.26. The van der Waals surface area contributed by atoms with Gasteiger partial charge in [0.25, 0.3) is 0 Å². The van der Waals surface area contributed by atoms with Gasteiger partial charge in [-0.05, 0) is 19.1 Å². The van der Waals surface area contributed by atoms with Crippen molar-refractivity contribution in [3.63, 3.8) is 0 Å². The van der Waals surface area contributed by atoms with Crippen molar-refractivity contribution in [3.8, 4) is 0 Å². The predicted octanol–water partition coefficient (Wildman–Crippen LogP) is 3.28. The fraction of sp³-hybridized carbons (Fsp3) is 0.182. The van der Waals surface area contributed by atoms with E-state index in [0.717, 1.165) is 12.1 Å². The van der Waals surface area contributed by atoms with Crippen molar-refractivity contribution in [1.29, 1.82) is 0 Å². The van der Waals surface area contributed by atoms with E-state index < -0.39 is 17.7 Å². The first-order valence-corrected chi connectivity index (χ1v) is 4.73. The Kier molecular flexibility index (Phi) is 2.45. The maximum absolute atomic E-state index is 12.9. The SMILES string of the molecule is Cc1c(C(F)(F)F)nc2cc(F)ccc2c1N. The Morgan fingerprint density at radius 3 is 2.47 bits per heavy atom. The van der Waals surface area contributed by atoms with Gasteiger partial charge in [0.05, 0.1) is 5.52 Å². The van der Waals surface area contributed by atoms with Crippen LogP contribution in [0.3, 0.4) is 0 Å². The Morgan fingerprint density at radius 2 is 1.88 bits per heavy atom. The monoisotopic (exact) mass is 244 g/mol. The molecule has 0 radical (unpaired) electrons. The third-order valence-corrected chi connectivity index (χ3v) is 2.51. The van der Waals surface area contributed by atoms with Crippen molar-refractivity contribution in [2.45, 2.75) is 13.1 Å². The van der Waals surface area contributed by atoms with Crippen LogP contribution in [0.4, 0.5) is 23.2 Å². The van der Waals surface area contributed by atoms with Crippen LogP contribution in [0.15, 0.2) is 18.2 Å². The predicted molar refractivity (Wildman–Crippen MR) is 55.9 cm³/mol. The summed E-state index contributed by atoms with van der Waals surface area (Å²) in [6.45, 7) is 1.24. The molecule has 90 valence electrons. The molecule has 0 aliphatic rings. The average Bonchev–Trinajstić information content (AvgIpc) is 2.21. The van der Waals surface area contributed by atoms with Crippen molar-refractivity contribution < 1.29 is 17.6 Å². The summed E-state index contributed by atoms with van der Waals surface area (Å²) in [5.74, 6) is -0.652. The van der Waals surface area contributed by atoms with Gasteiger partial charge in [-0.25, -0.2) is 9.37 Å². The van der Waals surface area contributed by atoms with Gasteiger partial charge in [0.2, 0.25) is 0 Å². The second-order valence-corrected chi connectivity index (χ2v) is 3.66. The molecule has 0 unspecified atom stereocenters. The summed E-state index contributed by atoms with van der Waals surface area (Å²) in [7, 11) is 0. The second-order valence-electron chi connectivity index (χ2n) is 3.66. The molecule has 0 amide bonds. The summed E-state index contributed by atoms with van der Waals surface area (Å²) in [5, 5.41) is 0.317. The van der Waals surface area contributed by atoms with Gasteiger partial charge in [0, 0.05) is 22.7 Å². The second kappa shape index (κ2) is 3.58. The number of nitrogen functional groups attached to an aromatic ring is 1. The van der Waals surface area contributed by atoms with Crippen molar-refractivity contribution in [2.75, 3.05) is 5.73 Å². The van der Waals surface area contributed by atoms with Gasteiger partial charge in [-0.3, -0.25) is 0 Å². The van der Waals surface area contributed by atoms with Gasteiger partial charge in [0.1, 0.15) is 11.5 Å². The molecule has 0 aliphatic heterocycles. The maximum atomic E-state index is 12.9. The number of anilines is 1. The van der Waals surface area contributed by atoms with Crippen LogP contribution >= 0.6 is 0 Å². The third-order valence-electron chi connectivity index (χ3n) is 2.51. The largest absolute Gasteiger partial charge is 0.433 e. The molecule has 0 saturated carbocycles. The standard InChI is InChI=1S/C11H8F4N2/c1-5-9(16)7-3-2-6(12)4-8(7)17-10(5)11(13,14)15/h2-4H,1H3,(H2,16,17). The lowest BCUT2D eigenvalue weighted by atomic mass is 10.1. The number of fused-ring (bicyclic) bond motifs is 1. The van der Waals surface area contributed by atoms with Crippen molar-refractivity contribution in [3.05, 3.63) is 35.3 Å². The molecular weight excluding hydrogens is 236 g/mol. The van der Waals surface area contributed by atoms with Gasteiger partial charge < -0.3 is 5.73 Å². The number of aromatic nitrogens is 1. The number of hydrogen-bond donors (Lipinski definition) is 1. The minimum atomic E-state index is -4.60. The molecule has 2 nitrogen and oxygen atoms in total. The Hall–Kier alpha value is -1.85. The lowest BCUT2D eigenvalue weighted by Gasteiger charge is -2.13. The molecule has 2 N–H and O–H groups in total. The van der Waals surface area contributed by atoms with Crippen LogP contribution in [0.1, 0.15) is 11.3 Å². The number of pyridine rings is 1. The van der Waals surface area contributed by atoms with Gasteiger partial charge in [-0.1, -0.05) is 0 Å². The van der Waals surface area contributed by atoms with E-state index in [1.165, 1.54) is 13.0 Å². The summed E-state index contributed by atoms with van der Waals surface area (Å²) in [4.78, 5) is 3.42. The first-order valence-electron chi connectivity index (χ1n) is 4.73. The molecular formula is C11H8F4N2. The highest BCUT2D eigenvalue weighted by atomic mass is 19.4. The van der Waals surface area contributed by atoms with E-state index in [-0.39, 0.29) is 16.8 Å². The smallest absolute Gasteiger partial charge is 0.398 e. The maximum Gasteiger partial charge on any atom is 0.433 e. The molecule has 0 saturated heterocycles. The van der Waals surface area contributed by atoms with Crippen LogP contribution in [0.5, 0.6) is 0 Å². The average molecular weight is 244 g/mol. The van der Waals surface area contributed by atoms with Gasteiger partial charge in [-0.2, -0.15) is 13.2 Å². The highest BCUT2D eigenvalue weighted by molar-refractivity contribution is 5.92. The van der Waals surface area contributed by atoms with Gasteiger partial charge >= 0.3 is 6.18 Å². The fourth-order valence-electron chi connectivity index (χ4n) is 1.63. The highest BCUT2D eigenvalue weighted by Gasteiger charge is 2.35. The van der Waals surface area contributed by atoms with E-state index in [0.29, 0.717) is 5.39 Å². The Labute approximate surface area is 94.1 Å². The van der Waals surface area contributed by atoms with E-state index in [2.05, 4.69) is 4.98 Å². The first kappa shape index (κ1) is 11.6. The number of benzene rings is 1. The highest BCUT2D eigenvalue weighted by Crippen LogP contribution is 2.35. The minimum Gasteiger partial charge on any atom is -0.398 e. The van der Waals surface area contributed by atoms with Crippen LogP contribution in [-0.2, 0) is 6.18 Å². The summed E-state index contributed by atoms with van der Waals surface area (Å²) >= 11 is 0. The molecule has 0 bridgehead atoms. The zero-order valence-corrected chi connectivity index (χ0v) is 8.77. The first-order chi connectivity index (χ1) is 7.80. The number of rotatable bonds is 0. The van der Waals surface area contributed by atoms with Crippen LogP contribution in [0.25, 0.3) is 10.9 Å². The molecule has 17 heavy (non-hydrogen) atoms. The van der Waals surface area contributed by atoms with Crippen LogP contribution in [-0.4, -0.2) is 4.98 Å². The van der Waals surface area contributed by atoms with Crippen molar-refractivity contribution in [2.24, 2.45) is 0 Å². The van der Waals surface area contributed by atoms with Crippen LogP contribution in [0.2, 0.25) is 0 Å². The zero-order chi connectivity index (χ0) is 12.8. The third kappa shape index (κ3) is 1.90. The Bertz CT molecular complexity index is 590. The van der Waals surface area contributed by atoms with Crippen LogP contribution in [0, 0.1) is 12.7 Å². The number of nitrogens with two attached hydrogens (primary N) is 1. The van der Waals surface area contributed by atoms with E-state index in [1.54, 1.807) is 0 Å². The zero-order valence-electron chi connectivity index (χ0n) is 8.77. The molecule has 0 fully saturated rings. The van der Waals surface area contributed by atoms with E-state index >= 15 is 0 Å². The summed E-state index contributed by atoms with van der Waals surface area (Å²) in [6, 6.07) is 3.38. The molecule has 0 atom stereocenters. The summed E-state index contributed by atoms with van der Waals surface area (Å²) in [6.07, 6.45) is -4.60. The number of hydrogen-bond acceptors (Lipinski definition) is 2.